The maximum absolute atomic E-state index is 13.2. The second-order valence-electron chi connectivity index (χ2n) is 8.44. The highest BCUT2D eigenvalue weighted by Crippen LogP contribution is 2.27. The molecule has 7 nitrogen and oxygen atoms in total. The van der Waals surface area contributed by atoms with Crippen molar-refractivity contribution in [3.05, 3.63) is 83.7 Å². The highest BCUT2D eigenvalue weighted by atomic mass is 32.1. The molecule has 2 aromatic carbocycles. The number of ether oxygens (including phenoxy) is 1. The van der Waals surface area contributed by atoms with E-state index < -0.39 is 6.04 Å². The number of aliphatic hydroxyl groups excluding tert-OH is 1. The van der Waals surface area contributed by atoms with Crippen molar-refractivity contribution in [1.82, 2.24) is 15.6 Å². The third-order valence-corrected chi connectivity index (χ3v) is 6.19. The molecule has 2 amide bonds. The van der Waals surface area contributed by atoms with Gasteiger partial charge in [0.25, 0.3) is 11.8 Å². The number of carbonyl (C=O) groups is 2. The van der Waals surface area contributed by atoms with Gasteiger partial charge in [-0.15, -0.1) is 0 Å². The first-order valence-corrected chi connectivity index (χ1v) is 11.5. The highest BCUT2D eigenvalue weighted by molar-refractivity contribution is 7.59. The van der Waals surface area contributed by atoms with Crippen molar-refractivity contribution < 1.29 is 19.4 Å². The van der Waals surface area contributed by atoms with E-state index in [1.165, 1.54) is 7.11 Å². The van der Waals surface area contributed by atoms with Crippen molar-refractivity contribution in [2.45, 2.75) is 37.8 Å². The summed E-state index contributed by atoms with van der Waals surface area (Å²) >= 11 is 0. The van der Waals surface area contributed by atoms with Gasteiger partial charge in [0, 0.05) is 24.0 Å². The number of amides is 2. The fourth-order valence-corrected chi connectivity index (χ4v) is 4.32. The Kier molecular flexibility index (Phi) is 9.28. The lowest BCUT2D eigenvalue weighted by Gasteiger charge is -2.19. The van der Waals surface area contributed by atoms with Gasteiger partial charge in [0.2, 0.25) is 0 Å². The normalized spacial score (nSPS) is 14.0. The maximum atomic E-state index is 13.2. The first-order chi connectivity index (χ1) is 16.6. The van der Waals surface area contributed by atoms with Crippen molar-refractivity contribution in [2.75, 3.05) is 13.7 Å². The quantitative estimate of drug-likeness (QED) is 0.440. The van der Waals surface area contributed by atoms with Crippen LogP contribution in [0.5, 0.6) is 5.75 Å². The average molecular weight is 494 g/mol. The van der Waals surface area contributed by atoms with E-state index in [0.717, 1.165) is 36.8 Å². The van der Waals surface area contributed by atoms with E-state index in [-0.39, 0.29) is 38.0 Å². The van der Waals surface area contributed by atoms with Gasteiger partial charge in [0.1, 0.15) is 5.75 Å². The molecule has 0 aliphatic heterocycles. The van der Waals surface area contributed by atoms with Crippen molar-refractivity contribution in [3.8, 4) is 16.9 Å². The van der Waals surface area contributed by atoms with Crippen molar-refractivity contribution >= 4 is 25.3 Å². The molecule has 0 radical (unpaired) electrons. The summed E-state index contributed by atoms with van der Waals surface area (Å²) in [6.07, 6.45) is 7.65. The third kappa shape index (κ3) is 6.41. The number of nitrogens with zero attached hydrogens (tertiary/aromatic N) is 1. The van der Waals surface area contributed by atoms with Crippen LogP contribution in [0.15, 0.2) is 67.0 Å². The Hall–Kier alpha value is -3.36. The third-order valence-electron chi connectivity index (χ3n) is 6.19. The molecule has 0 saturated heterocycles. The molecule has 8 heteroatoms. The SMILES string of the molecule is COc1ccc(-c2ccncc2)cc1C(=O)N[C@H](CO)c1cccc(C(=O)NC2CCCC2)c1.S. The molecule has 1 fully saturated rings. The molecular weight excluding hydrogens is 462 g/mol. The van der Waals surface area contributed by atoms with Crippen molar-refractivity contribution in [3.63, 3.8) is 0 Å². The number of pyridine rings is 1. The van der Waals surface area contributed by atoms with Gasteiger partial charge in [0.15, 0.2) is 0 Å². The molecule has 0 spiro atoms. The molecular formula is C27H31N3O4S. The number of rotatable bonds is 8. The lowest BCUT2D eigenvalue weighted by Crippen LogP contribution is -2.33. The van der Waals surface area contributed by atoms with Crippen LogP contribution in [0, 0.1) is 0 Å². The van der Waals surface area contributed by atoms with E-state index in [2.05, 4.69) is 15.6 Å². The summed E-state index contributed by atoms with van der Waals surface area (Å²) in [4.78, 5) is 29.9. The summed E-state index contributed by atoms with van der Waals surface area (Å²) in [6.45, 7) is -0.314. The Morgan fingerprint density at radius 3 is 2.46 bits per heavy atom. The number of hydrogen-bond donors (Lipinski definition) is 3. The molecule has 0 bridgehead atoms. The highest BCUT2D eigenvalue weighted by Gasteiger charge is 2.21. The molecule has 184 valence electrons. The van der Waals surface area contributed by atoms with Gasteiger partial charge in [-0.25, -0.2) is 0 Å². The fourth-order valence-electron chi connectivity index (χ4n) is 4.32. The molecule has 1 aliphatic rings. The summed E-state index contributed by atoms with van der Waals surface area (Å²) in [5.41, 5.74) is 3.28. The summed E-state index contributed by atoms with van der Waals surface area (Å²) in [6, 6.07) is 15.6. The van der Waals surface area contributed by atoms with Crippen LogP contribution in [0.4, 0.5) is 0 Å². The molecule has 1 aliphatic carbocycles. The Bertz CT molecular complexity index is 1150. The summed E-state index contributed by atoms with van der Waals surface area (Å²) in [5, 5.41) is 16.0. The number of hydrogen-bond acceptors (Lipinski definition) is 5. The lowest BCUT2D eigenvalue weighted by atomic mass is 10.0. The van der Waals surface area contributed by atoms with Crippen LogP contribution in [-0.4, -0.2) is 41.7 Å². The predicted molar refractivity (Wildman–Crippen MR) is 140 cm³/mol. The van der Waals surface area contributed by atoms with Gasteiger partial charge in [-0.3, -0.25) is 14.6 Å². The maximum Gasteiger partial charge on any atom is 0.255 e. The Morgan fingerprint density at radius 2 is 1.77 bits per heavy atom. The van der Waals surface area contributed by atoms with Crippen LogP contribution in [0.25, 0.3) is 11.1 Å². The summed E-state index contributed by atoms with van der Waals surface area (Å²) in [7, 11) is 1.51. The van der Waals surface area contributed by atoms with Crippen LogP contribution < -0.4 is 15.4 Å². The number of carbonyl (C=O) groups excluding carboxylic acids is 2. The number of benzene rings is 2. The molecule has 1 atom stereocenters. The van der Waals surface area contributed by atoms with E-state index in [1.807, 2.05) is 18.2 Å². The van der Waals surface area contributed by atoms with Crippen LogP contribution in [-0.2, 0) is 0 Å². The molecule has 4 rings (SSSR count). The van der Waals surface area contributed by atoms with Crippen molar-refractivity contribution in [2.24, 2.45) is 0 Å². The minimum absolute atomic E-state index is 0. The van der Waals surface area contributed by atoms with Crippen LogP contribution in [0.2, 0.25) is 0 Å². The fraction of sp³-hybridized carbons (Fsp3) is 0.296. The molecule has 1 aromatic heterocycles. The van der Waals surface area contributed by atoms with E-state index in [1.54, 1.807) is 48.8 Å². The smallest absolute Gasteiger partial charge is 0.255 e. The first kappa shape index (κ1) is 26.2. The van der Waals surface area contributed by atoms with Crippen LogP contribution in [0.3, 0.4) is 0 Å². The van der Waals surface area contributed by atoms with E-state index in [0.29, 0.717) is 22.4 Å². The number of aromatic nitrogens is 1. The van der Waals surface area contributed by atoms with Gasteiger partial charge >= 0.3 is 0 Å². The van der Waals surface area contributed by atoms with Gasteiger partial charge < -0.3 is 20.5 Å². The zero-order valence-corrected chi connectivity index (χ0v) is 20.7. The second-order valence-corrected chi connectivity index (χ2v) is 8.44. The first-order valence-electron chi connectivity index (χ1n) is 11.5. The number of methoxy groups -OCH3 is 1. The number of aliphatic hydroxyl groups is 1. The molecule has 3 N–H and O–H groups in total. The Labute approximate surface area is 212 Å². The predicted octanol–water partition coefficient (Wildman–Crippen LogP) is 4.01. The lowest BCUT2D eigenvalue weighted by molar-refractivity contribution is 0.0912. The average Bonchev–Trinajstić information content (AvgIpc) is 3.40. The molecule has 0 unspecified atom stereocenters. The van der Waals surface area contributed by atoms with Gasteiger partial charge in [0.05, 0.1) is 25.3 Å². The van der Waals surface area contributed by atoms with Crippen molar-refractivity contribution in [1.29, 1.82) is 0 Å². The number of nitrogens with one attached hydrogen (secondary N) is 2. The van der Waals surface area contributed by atoms with E-state index in [9.17, 15) is 14.7 Å². The zero-order chi connectivity index (χ0) is 23.9. The molecule has 1 heterocycles. The van der Waals surface area contributed by atoms with Crippen LogP contribution >= 0.6 is 13.5 Å². The second kappa shape index (κ2) is 12.4. The largest absolute Gasteiger partial charge is 0.496 e. The minimum atomic E-state index is -0.680. The monoisotopic (exact) mass is 493 g/mol. The molecule has 1 saturated carbocycles. The Morgan fingerprint density at radius 1 is 1.03 bits per heavy atom. The van der Waals surface area contributed by atoms with Gasteiger partial charge in [-0.1, -0.05) is 31.0 Å². The summed E-state index contributed by atoms with van der Waals surface area (Å²) in [5.74, 6) is -0.0900. The molecule has 3 aromatic rings. The summed E-state index contributed by atoms with van der Waals surface area (Å²) < 4.78 is 5.40. The minimum Gasteiger partial charge on any atom is -0.496 e. The van der Waals surface area contributed by atoms with Crippen LogP contribution in [0.1, 0.15) is 58.0 Å². The topological polar surface area (TPSA) is 101 Å². The van der Waals surface area contributed by atoms with Gasteiger partial charge in [-0.2, -0.15) is 13.5 Å². The van der Waals surface area contributed by atoms with Gasteiger partial charge in [-0.05, 0) is 65.9 Å². The van der Waals surface area contributed by atoms with E-state index >= 15 is 0 Å². The molecule has 35 heavy (non-hydrogen) atoms. The van der Waals surface area contributed by atoms with E-state index in [4.69, 9.17) is 4.74 Å². The Balaban J connectivity index is 0.00000342. The zero-order valence-electron chi connectivity index (χ0n) is 19.7. The standard InChI is InChI=1S/C27H29N3O4.H2S/c1-34-25-10-9-19(18-11-13-28-14-12-18)16-23(25)27(33)30-24(17-31)20-5-4-6-21(15-20)26(32)29-22-7-2-3-8-22;/h4-6,9-16,22,24,31H,2-3,7-8,17H2,1H3,(H,29,32)(H,30,33);1H2/t24-;/m1./s1.